The molecule has 0 atom stereocenters. The largest absolute Gasteiger partial charge is 0.396 e. The van der Waals surface area contributed by atoms with Gasteiger partial charge in [0.25, 0.3) is 0 Å². The van der Waals surface area contributed by atoms with Crippen molar-refractivity contribution in [3.05, 3.63) is 28.7 Å². The number of anilines is 1. The van der Waals surface area contributed by atoms with E-state index in [1.165, 1.54) is 0 Å². The molecule has 0 saturated carbocycles. The lowest BCUT2D eigenvalue weighted by atomic mass is 10.2. The molecule has 0 aromatic heterocycles. The van der Waals surface area contributed by atoms with E-state index < -0.39 is 0 Å². The minimum Gasteiger partial charge on any atom is -0.396 e. The lowest BCUT2D eigenvalue weighted by Gasteiger charge is -2.18. The highest BCUT2D eigenvalue weighted by Gasteiger charge is 2.12. The Morgan fingerprint density at radius 2 is 2.13 bits per heavy atom. The Hall–Kier alpha value is -0.870. The van der Waals surface area contributed by atoms with Crippen LogP contribution < -0.4 is 4.90 Å². The van der Waals surface area contributed by atoms with E-state index in [0.29, 0.717) is 12.8 Å². The zero-order valence-electron chi connectivity index (χ0n) is 8.61. The molecule has 0 aliphatic carbocycles. The molecule has 0 unspecified atom stereocenters. The van der Waals surface area contributed by atoms with Gasteiger partial charge in [-0.15, -0.1) is 0 Å². The van der Waals surface area contributed by atoms with Crippen LogP contribution in [0.4, 0.5) is 5.69 Å². The first kappa shape index (κ1) is 12.2. The van der Waals surface area contributed by atoms with Crippen LogP contribution in [0.2, 0.25) is 0 Å². The molecule has 0 spiro atoms. The van der Waals surface area contributed by atoms with Gasteiger partial charge in [-0.05, 0) is 34.5 Å². The number of aliphatic hydroxyl groups excluding tert-OH is 1. The van der Waals surface area contributed by atoms with Gasteiger partial charge < -0.3 is 10.0 Å². The molecule has 82 valence electrons. The van der Waals surface area contributed by atoms with Gasteiger partial charge in [0.1, 0.15) is 0 Å². The molecular formula is C11H14BrNO2. The van der Waals surface area contributed by atoms with Crippen molar-refractivity contribution in [3.8, 4) is 0 Å². The van der Waals surface area contributed by atoms with E-state index in [1.54, 1.807) is 11.9 Å². The second-order valence-electron chi connectivity index (χ2n) is 3.23. The Morgan fingerprint density at radius 3 is 2.73 bits per heavy atom. The van der Waals surface area contributed by atoms with Crippen molar-refractivity contribution in [2.75, 3.05) is 18.6 Å². The van der Waals surface area contributed by atoms with Crippen LogP contribution in [-0.2, 0) is 4.79 Å². The molecule has 0 bridgehead atoms. The summed E-state index contributed by atoms with van der Waals surface area (Å²) in [6.45, 7) is 0.0511. The second-order valence-corrected chi connectivity index (χ2v) is 4.09. The van der Waals surface area contributed by atoms with E-state index in [4.69, 9.17) is 5.11 Å². The van der Waals surface area contributed by atoms with Crippen LogP contribution in [0.25, 0.3) is 0 Å². The average molecular weight is 272 g/mol. The number of rotatable bonds is 4. The van der Waals surface area contributed by atoms with Gasteiger partial charge in [-0.3, -0.25) is 4.79 Å². The Kier molecular flexibility index (Phi) is 4.78. The van der Waals surface area contributed by atoms with Crippen LogP contribution in [-0.4, -0.2) is 24.7 Å². The third-order valence-corrected chi connectivity index (χ3v) is 2.81. The number of carbonyl (C=O) groups is 1. The standard InChI is InChI=1S/C11H14BrNO2/c1-13(11(15)7-4-8-14)10-6-3-2-5-9(10)12/h2-3,5-6,14H,4,7-8H2,1H3. The predicted molar refractivity (Wildman–Crippen MR) is 63.9 cm³/mol. The minimum atomic E-state index is 0.0101. The molecule has 1 amide bonds. The fourth-order valence-electron chi connectivity index (χ4n) is 1.26. The molecule has 0 aliphatic heterocycles. The fourth-order valence-corrected chi connectivity index (χ4v) is 1.81. The number of hydrogen-bond acceptors (Lipinski definition) is 2. The molecule has 4 heteroatoms. The van der Waals surface area contributed by atoms with Crippen molar-refractivity contribution in [2.45, 2.75) is 12.8 Å². The van der Waals surface area contributed by atoms with Crippen molar-refractivity contribution in [1.29, 1.82) is 0 Å². The van der Waals surface area contributed by atoms with Gasteiger partial charge in [0.2, 0.25) is 5.91 Å². The van der Waals surface area contributed by atoms with Crippen molar-refractivity contribution < 1.29 is 9.90 Å². The number of aliphatic hydroxyl groups is 1. The summed E-state index contributed by atoms with van der Waals surface area (Å²) in [6.07, 6.45) is 0.877. The number of amides is 1. The summed E-state index contributed by atoms with van der Waals surface area (Å²) in [7, 11) is 1.74. The molecule has 0 heterocycles. The third-order valence-electron chi connectivity index (χ3n) is 2.14. The van der Waals surface area contributed by atoms with Gasteiger partial charge in [-0.25, -0.2) is 0 Å². The van der Waals surface area contributed by atoms with Gasteiger partial charge in [0, 0.05) is 24.5 Å². The normalized spacial score (nSPS) is 10.1. The molecule has 0 fully saturated rings. The maximum absolute atomic E-state index is 11.6. The zero-order valence-corrected chi connectivity index (χ0v) is 10.2. The van der Waals surface area contributed by atoms with E-state index in [2.05, 4.69) is 15.9 Å². The van der Waals surface area contributed by atoms with Gasteiger partial charge in [-0.1, -0.05) is 12.1 Å². The Bertz CT molecular complexity index is 341. The second kappa shape index (κ2) is 5.88. The monoisotopic (exact) mass is 271 g/mol. The topological polar surface area (TPSA) is 40.5 Å². The first-order chi connectivity index (χ1) is 7.16. The van der Waals surface area contributed by atoms with Crippen LogP contribution in [0.15, 0.2) is 28.7 Å². The molecule has 0 saturated heterocycles. The molecule has 0 radical (unpaired) electrons. The van der Waals surface area contributed by atoms with E-state index in [9.17, 15) is 4.79 Å². The van der Waals surface area contributed by atoms with Crippen molar-refractivity contribution in [1.82, 2.24) is 0 Å². The summed E-state index contributed by atoms with van der Waals surface area (Å²) in [5.41, 5.74) is 0.848. The van der Waals surface area contributed by atoms with Gasteiger partial charge in [0.15, 0.2) is 0 Å². The van der Waals surface area contributed by atoms with E-state index in [1.807, 2.05) is 24.3 Å². The summed E-state index contributed by atoms with van der Waals surface area (Å²) < 4.78 is 0.893. The van der Waals surface area contributed by atoms with Crippen molar-refractivity contribution in [3.63, 3.8) is 0 Å². The van der Waals surface area contributed by atoms with E-state index >= 15 is 0 Å². The van der Waals surface area contributed by atoms with Crippen LogP contribution in [0, 0.1) is 0 Å². The molecule has 3 nitrogen and oxygen atoms in total. The summed E-state index contributed by atoms with van der Waals surface area (Å²) in [5, 5.41) is 8.64. The average Bonchev–Trinajstić information content (AvgIpc) is 2.25. The molecule has 1 N–H and O–H groups in total. The van der Waals surface area contributed by atoms with Crippen molar-refractivity contribution >= 4 is 27.5 Å². The molecule has 1 aromatic carbocycles. The van der Waals surface area contributed by atoms with Crippen LogP contribution >= 0.6 is 15.9 Å². The number of nitrogens with zero attached hydrogens (tertiary/aromatic N) is 1. The number of para-hydroxylation sites is 1. The lowest BCUT2D eigenvalue weighted by molar-refractivity contribution is -0.118. The molecular weight excluding hydrogens is 258 g/mol. The first-order valence-corrected chi connectivity index (χ1v) is 5.58. The first-order valence-electron chi connectivity index (χ1n) is 4.78. The van der Waals surface area contributed by atoms with Gasteiger partial charge in [-0.2, -0.15) is 0 Å². The Morgan fingerprint density at radius 1 is 1.47 bits per heavy atom. The van der Waals surface area contributed by atoms with Crippen LogP contribution in [0.3, 0.4) is 0 Å². The third kappa shape index (κ3) is 3.32. The highest BCUT2D eigenvalue weighted by Crippen LogP contribution is 2.25. The fraction of sp³-hybridized carbons (Fsp3) is 0.364. The Labute approximate surface area is 97.8 Å². The molecule has 1 aromatic rings. The Balaban J connectivity index is 2.72. The number of benzene rings is 1. The quantitative estimate of drug-likeness (QED) is 0.912. The molecule has 1 rings (SSSR count). The van der Waals surface area contributed by atoms with Crippen LogP contribution in [0.1, 0.15) is 12.8 Å². The lowest BCUT2D eigenvalue weighted by Crippen LogP contribution is -2.26. The number of carbonyl (C=O) groups excluding carboxylic acids is 1. The minimum absolute atomic E-state index is 0.0101. The highest BCUT2D eigenvalue weighted by atomic mass is 79.9. The maximum atomic E-state index is 11.6. The summed E-state index contributed by atoms with van der Waals surface area (Å²) in [4.78, 5) is 13.2. The van der Waals surface area contributed by atoms with E-state index in [0.717, 1.165) is 10.2 Å². The van der Waals surface area contributed by atoms with E-state index in [-0.39, 0.29) is 12.5 Å². The number of halogens is 1. The smallest absolute Gasteiger partial charge is 0.226 e. The van der Waals surface area contributed by atoms with Gasteiger partial charge >= 0.3 is 0 Å². The van der Waals surface area contributed by atoms with Crippen molar-refractivity contribution in [2.24, 2.45) is 0 Å². The number of hydrogen-bond donors (Lipinski definition) is 1. The predicted octanol–water partition coefficient (Wildman–Crippen LogP) is 2.18. The maximum Gasteiger partial charge on any atom is 0.226 e. The SMILES string of the molecule is CN(C(=O)CCCO)c1ccccc1Br. The summed E-state index contributed by atoms with van der Waals surface area (Å²) in [5.74, 6) is 0.0101. The van der Waals surface area contributed by atoms with Crippen LogP contribution in [0.5, 0.6) is 0 Å². The molecule has 0 aliphatic rings. The summed E-state index contributed by atoms with van der Waals surface area (Å²) >= 11 is 3.39. The van der Waals surface area contributed by atoms with Gasteiger partial charge in [0.05, 0.1) is 5.69 Å². The zero-order chi connectivity index (χ0) is 11.3. The summed E-state index contributed by atoms with van der Waals surface area (Å²) in [6, 6.07) is 7.56. The highest BCUT2D eigenvalue weighted by molar-refractivity contribution is 9.10. The molecule has 15 heavy (non-hydrogen) atoms.